The number of halogens is 4. The third-order valence-electron chi connectivity index (χ3n) is 3.36. The molecule has 0 heterocycles. The van der Waals surface area contributed by atoms with Crippen LogP contribution in [0.15, 0.2) is 0 Å². The third-order valence-corrected chi connectivity index (χ3v) is 3.92. The minimum Gasteiger partial charge on any atom is -0.372 e. The fourth-order valence-electron chi connectivity index (χ4n) is 2.32. The molecular formula is C12H21ClF3NO. The van der Waals surface area contributed by atoms with Crippen LogP contribution in [0.3, 0.4) is 0 Å². The number of nitrogens with one attached hydrogen (secondary N) is 1. The van der Waals surface area contributed by atoms with Gasteiger partial charge in [0.25, 0.3) is 0 Å². The van der Waals surface area contributed by atoms with E-state index in [4.69, 9.17) is 11.6 Å². The molecule has 2 nitrogen and oxygen atoms in total. The number of hydrogen-bond acceptors (Lipinski definition) is 2. The van der Waals surface area contributed by atoms with E-state index >= 15 is 0 Å². The monoisotopic (exact) mass is 287 g/mol. The second-order valence-corrected chi connectivity index (χ2v) is 5.31. The zero-order valence-electron chi connectivity index (χ0n) is 10.5. The zero-order chi connectivity index (χ0) is 13.5. The smallest absolute Gasteiger partial charge is 0.372 e. The molecule has 0 saturated heterocycles. The molecule has 1 fully saturated rings. The Labute approximate surface area is 111 Å². The van der Waals surface area contributed by atoms with Gasteiger partial charge in [0.1, 0.15) is 6.61 Å². The lowest BCUT2D eigenvalue weighted by Gasteiger charge is -2.26. The van der Waals surface area contributed by atoms with Crippen molar-refractivity contribution in [2.24, 2.45) is 5.41 Å². The Morgan fingerprint density at radius 3 is 2.44 bits per heavy atom. The Morgan fingerprint density at radius 1 is 1.22 bits per heavy atom. The molecule has 18 heavy (non-hydrogen) atoms. The Balaban J connectivity index is 1.98. The molecule has 1 aliphatic rings. The largest absolute Gasteiger partial charge is 0.411 e. The summed E-state index contributed by atoms with van der Waals surface area (Å²) in [5.41, 5.74) is 0.203. The van der Waals surface area contributed by atoms with Gasteiger partial charge in [-0.2, -0.15) is 13.2 Å². The quantitative estimate of drug-likeness (QED) is 0.546. The fourth-order valence-corrected chi connectivity index (χ4v) is 2.69. The maximum Gasteiger partial charge on any atom is 0.411 e. The number of alkyl halides is 4. The first-order chi connectivity index (χ1) is 8.47. The van der Waals surface area contributed by atoms with Crippen LogP contribution in [0.2, 0.25) is 0 Å². The molecule has 1 rings (SSSR count). The molecule has 0 atom stereocenters. The van der Waals surface area contributed by atoms with Crippen molar-refractivity contribution in [3.8, 4) is 0 Å². The van der Waals surface area contributed by atoms with Gasteiger partial charge in [-0.25, -0.2) is 0 Å². The molecule has 0 bridgehead atoms. The van der Waals surface area contributed by atoms with Gasteiger partial charge in [0.2, 0.25) is 0 Å². The number of ether oxygens (including phenoxy) is 1. The van der Waals surface area contributed by atoms with Gasteiger partial charge in [-0.15, -0.1) is 11.6 Å². The van der Waals surface area contributed by atoms with E-state index in [2.05, 4.69) is 10.1 Å². The molecule has 0 spiro atoms. The summed E-state index contributed by atoms with van der Waals surface area (Å²) in [7, 11) is 0. The Hall–Kier alpha value is 0. The predicted octanol–water partition coefficient (Wildman–Crippen LogP) is 3.34. The van der Waals surface area contributed by atoms with Crippen LogP contribution in [-0.4, -0.2) is 38.4 Å². The van der Waals surface area contributed by atoms with Gasteiger partial charge in [0.15, 0.2) is 0 Å². The van der Waals surface area contributed by atoms with Crippen LogP contribution >= 0.6 is 11.6 Å². The summed E-state index contributed by atoms with van der Waals surface area (Å²) in [5, 5.41) is 3.27. The molecule has 6 heteroatoms. The van der Waals surface area contributed by atoms with Crippen molar-refractivity contribution in [2.45, 2.75) is 38.3 Å². The van der Waals surface area contributed by atoms with Crippen molar-refractivity contribution in [3.63, 3.8) is 0 Å². The number of hydrogen-bond donors (Lipinski definition) is 1. The second kappa shape index (κ2) is 7.56. The van der Waals surface area contributed by atoms with Crippen molar-refractivity contribution < 1.29 is 17.9 Å². The molecule has 1 saturated carbocycles. The van der Waals surface area contributed by atoms with E-state index in [1.54, 1.807) is 0 Å². The van der Waals surface area contributed by atoms with Gasteiger partial charge in [-0.1, -0.05) is 12.8 Å². The Kier molecular flexibility index (Phi) is 6.74. The highest BCUT2D eigenvalue weighted by atomic mass is 35.5. The SMILES string of the molecule is FC(F)(F)COCCCNCC1(CCl)CCCC1. The fraction of sp³-hybridized carbons (Fsp3) is 1.00. The van der Waals surface area contributed by atoms with Gasteiger partial charge >= 0.3 is 6.18 Å². The maximum absolute atomic E-state index is 11.8. The summed E-state index contributed by atoms with van der Waals surface area (Å²) >= 11 is 5.99. The first-order valence-corrected chi connectivity index (χ1v) is 6.92. The van der Waals surface area contributed by atoms with E-state index in [9.17, 15) is 13.2 Å². The van der Waals surface area contributed by atoms with Crippen molar-refractivity contribution >= 4 is 11.6 Å². The molecule has 0 aromatic rings. The number of rotatable bonds is 8. The van der Waals surface area contributed by atoms with E-state index in [1.807, 2.05) is 0 Å². The molecule has 0 unspecified atom stereocenters. The summed E-state index contributed by atoms with van der Waals surface area (Å²) in [5.74, 6) is 0.657. The van der Waals surface area contributed by atoms with Crippen molar-refractivity contribution in [3.05, 3.63) is 0 Å². The van der Waals surface area contributed by atoms with E-state index in [-0.39, 0.29) is 12.0 Å². The summed E-state index contributed by atoms with van der Waals surface area (Å²) in [4.78, 5) is 0. The summed E-state index contributed by atoms with van der Waals surface area (Å²) in [6.45, 7) is 0.519. The lowest BCUT2D eigenvalue weighted by atomic mass is 9.88. The topological polar surface area (TPSA) is 21.3 Å². The Morgan fingerprint density at radius 2 is 1.89 bits per heavy atom. The average Bonchev–Trinajstić information content (AvgIpc) is 2.76. The van der Waals surface area contributed by atoms with Crippen LogP contribution in [-0.2, 0) is 4.74 Å². The van der Waals surface area contributed by atoms with Crippen molar-refractivity contribution in [2.75, 3.05) is 32.2 Å². The molecule has 1 aliphatic carbocycles. The van der Waals surface area contributed by atoms with E-state index in [1.165, 1.54) is 12.8 Å². The average molecular weight is 288 g/mol. The minimum atomic E-state index is -4.22. The molecule has 1 N–H and O–H groups in total. The minimum absolute atomic E-state index is 0.139. The lowest BCUT2D eigenvalue weighted by molar-refractivity contribution is -0.173. The summed E-state index contributed by atoms with van der Waals surface area (Å²) in [6, 6.07) is 0. The first-order valence-electron chi connectivity index (χ1n) is 6.39. The van der Waals surface area contributed by atoms with Gasteiger partial charge in [-0.05, 0) is 31.2 Å². The highest BCUT2D eigenvalue weighted by Gasteiger charge is 2.32. The zero-order valence-corrected chi connectivity index (χ0v) is 11.2. The molecule has 0 amide bonds. The summed E-state index contributed by atoms with van der Waals surface area (Å²) in [6.07, 6.45) is 1.11. The van der Waals surface area contributed by atoms with Crippen molar-refractivity contribution in [1.29, 1.82) is 0 Å². The van der Waals surface area contributed by atoms with Gasteiger partial charge in [-0.3, -0.25) is 0 Å². The van der Waals surface area contributed by atoms with Gasteiger partial charge in [0, 0.05) is 19.0 Å². The van der Waals surface area contributed by atoms with Crippen LogP contribution in [0.5, 0.6) is 0 Å². The normalized spacial score (nSPS) is 19.3. The maximum atomic E-state index is 11.8. The highest BCUT2D eigenvalue weighted by molar-refractivity contribution is 6.18. The van der Waals surface area contributed by atoms with Crippen LogP contribution in [0.1, 0.15) is 32.1 Å². The first kappa shape index (κ1) is 16.1. The van der Waals surface area contributed by atoms with Gasteiger partial charge < -0.3 is 10.1 Å². The molecule has 0 aliphatic heterocycles. The second-order valence-electron chi connectivity index (χ2n) is 5.04. The van der Waals surface area contributed by atoms with Crippen LogP contribution in [0.25, 0.3) is 0 Å². The summed E-state index contributed by atoms with van der Waals surface area (Å²) < 4.78 is 39.9. The molecule has 108 valence electrons. The highest BCUT2D eigenvalue weighted by Crippen LogP contribution is 2.38. The lowest BCUT2D eigenvalue weighted by Crippen LogP contribution is -2.34. The van der Waals surface area contributed by atoms with Crippen LogP contribution in [0.4, 0.5) is 13.2 Å². The molecule has 0 aromatic carbocycles. The Bertz CT molecular complexity index is 230. The van der Waals surface area contributed by atoms with E-state index in [0.29, 0.717) is 18.8 Å². The molecular weight excluding hydrogens is 267 g/mol. The van der Waals surface area contributed by atoms with Crippen molar-refractivity contribution in [1.82, 2.24) is 5.32 Å². The predicted molar refractivity (Wildman–Crippen MR) is 66.0 cm³/mol. The van der Waals surface area contributed by atoms with Gasteiger partial charge in [0.05, 0.1) is 0 Å². The van der Waals surface area contributed by atoms with E-state index < -0.39 is 12.8 Å². The van der Waals surface area contributed by atoms with E-state index in [0.717, 1.165) is 19.4 Å². The third kappa shape index (κ3) is 6.25. The molecule has 0 aromatic heterocycles. The standard InChI is InChI=1S/C12H21ClF3NO/c13-8-11(4-1-2-5-11)9-17-6-3-7-18-10-12(14,15)16/h17H,1-10H2. The van der Waals surface area contributed by atoms with Crippen LogP contribution < -0.4 is 5.32 Å². The van der Waals surface area contributed by atoms with Crippen LogP contribution in [0, 0.1) is 5.41 Å². The molecule has 0 radical (unpaired) electrons.